The van der Waals surface area contributed by atoms with E-state index in [1.54, 1.807) is 6.33 Å². The third-order valence-corrected chi connectivity index (χ3v) is 5.13. The number of hydrogen-bond acceptors (Lipinski definition) is 2. The SMILES string of the molecule is CCC(C)(C)C1CCC(NCCc2cnc[nH]2)CC1. The van der Waals surface area contributed by atoms with Crippen LogP contribution in [0.4, 0.5) is 0 Å². The number of hydrogen-bond donors (Lipinski definition) is 2. The van der Waals surface area contributed by atoms with Gasteiger partial charge in [-0.2, -0.15) is 0 Å². The van der Waals surface area contributed by atoms with Crippen LogP contribution >= 0.6 is 0 Å². The van der Waals surface area contributed by atoms with Gasteiger partial charge in [0.05, 0.1) is 6.33 Å². The Morgan fingerprint density at radius 3 is 2.63 bits per heavy atom. The van der Waals surface area contributed by atoms with Gasteiger partial charge in [0.25, 0.3) is 0 Å². The zero-order chi connectivity index (χ0) is 13.7. The van der Waals surface area contributed by atoms with E-state index >= 15 is 0 Å². The Morgan fingerprint density at radius 2 is 2.05 bits per heavy atom. The monoisotopic (exact) mass is 263 g/mol. The van der Waals surface area contributed by atoms with Gasteiger partial charge in [0.15, 0.2) is 0 Å². The molecule has 2 N–H and O–H groups in total. The third-order valence-electron chi connectivity index (χ3n) is 5.13. The van der Waals surface area contributed by atoms with Crippen molar-refractivity contribution in [3.8, 4) is 0 Å². The Hall–Kier alpha value is -0.830. The van der Waals surface area contributed by atoms with Crippen molar-refractivity contribution in [3.05, 3.63) is 18.2 Å². The van der Waals surface area contributed by atoms with E-state index in [2.05, 4.69) is 36.1 Å². The second-order valence-electron chi connectivity index (χ2n) is 6.67. The smallest absolute Gasteiger partial charge is 0.0921 e. The van der Waals surface area contributed by atoms with E-state index in [-0.39, 0.29) is 0 Å². The number of aromatic amines is 1. The van der Waals surface area contributed by atoms with E-state index in [9.17, 15) is 0 Å². The van der Waals surface area contributed by atoms with Crippen LogP contribution in [-0.2, 0) is 6.42 Å². The molecule has 2 rings (SSSR count). The molecule has 1 heterocycles. The van der Waals surface area contributed by atoms with Crippen molar-refractivity contribution in [1.29, 1.82) is 0 Å². The summed E-state index contributed by atoms with van der Waals surface area (Å²) in [7, 11) is 0. The normalized spacial score (nSPS) is 24.6. The second-order valence-corrected chi connectivity index (χ2v) is 6.67. The van der Waals surface area contributed by atoms with Gasteiger partial charge in [0, 0.05) is 30.9 Å². The number of H-pyrrole nitrogens is 1. The van der Waals surface area contributed by atoms with Gasteiger partial charge < -0.3 is 10.3 Å². The lowest BCUT2D eigenvalue weighted by Gasteiger charge is -2.39. The van der Waals surface area contributed by atoms with Crippen LogP contribution in [0.1, 0.15) is 58.6 Å². The van der Waals surface area contributed by atoms with Crippen molar-refractivity contribution in [3.63, 3.8) is 0 Å². The average molecular weight is 263 g/mol. The zero-order valence-corrected chi connectivity index (χ0v) is 12.7. The zero-order valence-electron chi connectivity index (χ0n) is 12.7. The minimum atomic E-state index is 0.529. The molecule has 0 aliphatic heterocycles. The first kappa shape index (κ1) is 14.6. The lowest BCUT2D eigenvalue weighted by molar-refractivity contribution is 0.137. The highest BCUT2D eigenvalue weighted by Crippen LogP contribution is 2.40. The predicted molar refractivity (Wildman–Crippen MR) is 80.1 cm³/mol. The van der Waals surface area contributed by atoms with Gasteiger partial charge in [-0.05, 0) is 37.0 Å². The van der Waals surface area contributed by atoms with Gasteiger partial charge in [-0.3, -0.25) is 0 Å². The van der Waals surface area contributed by atoms with Gasteiger partial charge in [0.2, 0.25) is 0 Å². The molecule has 1 fully saturated rings. The molecular weight excluding hydrogens is 234 g/mol. The summed E-state index contributed by atoms with van der Waals surface area (Å²) in [5, 5.41) is 3.70. The molecule has 0 spiro atoms. The fourth-order valence-electron chi connectivity index (χ4n) is 3.20. The summed E-state index contributed by atoms with van der Waals surface area (Å²) in [6.45, 7) is 8.26. The lowest BCUT2D eigenvalue weighted by atomic mass is 9.69. The van der Waals surface area contributed by atoms with Crippen LogP contribution in [0.15, 0.2) is 12.5 Å². The van der Waals surface area contributed by atoms with Crippen molar-refractivity contribution >= 4 is 0 Å². The quantitative estimate of drug-likeness (QED) is 0.824. The van der Waals surface area contributed by atoms with Crippen LogP contribution in [-0.4, -0.2) is 22.6 Å². The minimum Gasteiger partial charge on any atom is -0.348 e. The van der Waals surface area contributed by atoms with E-state index in [1.807, 2.05) is 6.20 Å². The molecule has 1 aliphatic rings. The van der Waals surface area contributed by atoms with E-state index in [1.165, 1.54) is 37.8 Å². The highest BCUT2D eigenvalue weighted by atomic mass is 14.9. The minimum absolute atomic E-state index is 0.529. The molecule has 0 bridgehead atoms. The number of imidazole rings is 1. The molecule has 1 aliphatic carbocycles. The van der Waals surface area contributed by atoms with Crippen LogP contribution in [0.2, 0.25) is 0 Å². The Labute approximate surface area is 117 Å². The summed E-state index contributed by atoms with van der Waals surface area (Å²) >= 11 is 0. The molecule has 19 heavy (non-hydrogen) atoms. The fourth-order valence-corrected chi connectivity index (χ4v) is 3.20. The van der Waals surface area contributed by atoms with Crippen molar-refractivity contribution in [2.24, 2.45) is 11.3 Å². The summed E-state index contributed by atoms with van der Waals surface area (Å²) in [6.07, 6.45) is 11.5. The maximum atomic E-state index is 4.05. The van der Waals surface area contributed by atoms with Crippen LogP contribution in [0.3, 0.4) is 0 Å². The van der Waals surface area contributed by atoms with Crippen LogP contribution in [0.25, 0.3) is 0 Å². The maximum absolute atomic E-state index is 4.05. The molecule has 0 unspecified atom stereocenters. The molecule has 0 amide bonds. The largest absolute Gasteiger partial charge is 0.348 e. The summed E-state index contributed by atoms with van der Waals surface area (Å²) in [4.78, 5) is 7.21. The topological polar surface area (TPSA) is 40.7 Å². The lowest BCUT2D eigenvalue weighted by Crippen LogP contribution is -2.37. The first-order valence-electron chi connectivity index (χ1n) is 7.82. The second kappa shape index (κ2) is 6.56. The Morgan fingerprint density at radius 1 is 1.32 bits per heavy atom. The maximum Gasteiger partial charge on any atom is 0.0921 e. The molecule has 1 saturated carbocycles. The number of rotatable bonds is 6. The summed E-state index contributed by atoms with van der Waals surface area (Å²) in [5.74, 6) is 0.920. The fraction of sp³-hybridized carbons (Fsp3) is 0.812. The van der Waals surface area contributed by atoms with Gasteiger partial charge in [-0.15, -0.1) is 0 Å². The number of aromatic nitrogens is 2. The van der Waals surface area contributed by atoms with Crippen LogP contribution in [0.5, 0.6) is 0 Å². The van der Waals surface area contributed by atoms with Crippen molar-refractivity contribution in [2.75, 3.05) is 6.54 Å². The van der Waals surface area contributed by atoms with Gasteiger partial charge in [-0.1, -0.05) is 27.2 Å². The number of nitrogens with zero attached hydrogens (tertiary/aromatic N) is 1. The highest BCUT2D eigenvalue weighted by Gasteiger charge is 2.31. The summed E-state index contributed by atoms with van der Waals surface area (Å²) < 4.78 is 0. The molecule has 3 nitrogen and oxygen atoms in total. The highest BCUT2D eigenvalue weighted by molar-refractivity contribution is 4.95. The number of nitrogens with one attached hydrogen (secondary N) is 2. The third kappa shape index (κ3) is 4.07. The van der Waals surface area contributed by atoms with E-state index < -0.39 is 0 Å². The predicted octanol–water partition coefficient (Wildman–Crippen LogP) is 3.54. The first-order valence-corrected chi connectivity index (χ1v) is 7.82. The Bertz CT molecular complexity index is 348. The molecule has 0 radical (unpaired) electrons. The van der Waals surface area contributed by atoms with Crippen molar-refractivity contribution < 1.29 is 0 Å². The molecule has 0 saturated heterocycles. The van der Waals surface area contributed by atoms with Crippen LogP contribution in [0, 0.1) is 11.3 Å². The molecule has 1 aromatic rings. The van der Waals surface area contributed by atoms with Gasteiger partial charge in [0.1, 0.15) is 0 Å². The molecule has 3 heteroatoms. The van der Waals surface area contributed by atoms with E-state index in [0.717, 1.165) is 24.9 Å². The van der Waals surface area contributed by atoms with Gasteiger partial charge >= 0.3 is 0 Å². The standard InChI is InChI=1S/C16H29N3/c1-4-16(2,3)13-5-7-14(8-6-13)18-10-9-15-11-17-12-19-15/h11-14,18H,4-10H2,1-3H3,(H,17,19). The molecule has 0 aromatic carbocycles. The molecule has 108 valence electrons. The Balaban J connectivity index is 1.66. The van der Waals surface area contributed by atoms with E-state index in [0.29, 0.717) is 5.41 Å². The molecular formula is C16H29N3. The van der Waals surface area contributed by atoms with E-state index in [4.69, 9.17) is 0 Å². The van der Waals surface area contributed by atoms with Crippen molar-refractivity contribution in [2.45, 2.75) is 65.3 Å². The average Bonchev–Trinajstić information content (AvgIpc) is 2.92. The summed E-state index contributed by atoms with van der Waals surface area (Å²) in [5.41, 5.74) is 1.76. The molecule has 0 atom stereocenters. The van der Waals surface area contributed by atoms with Gasteiger partial charge in [-0.25, -0.2) is 4.98 Å². The van der Waals surface area contributed by atoms with Crippen molar-refractivity contribution in [1.82, 2.24) is 15.3 Å². The molecule has 1 aromatic heterocycles. The Kier molecular flexibility index (Phi) is 5.03. The summed E-state index contributed by atoms with van der Waals surface area (Å²) in [6, 6.07) is 0.729. The first-order chi connectivity index (χ1) is 9.12. The van der Waals surface area contributed by atoms with Crippen LogP contribution < -0.4 is 5.32 Å².